The molecule has 2 aromatic rings. The first-order chi connectivity index (χ1) is 13.6. The van der Waals surface area contributed by atoms with Crippen molar-refractivity contribution < 1.29 is 19.1 Å². The lowest BCUT2D eigenvalue weighted by Crippen LogP contribution is -2.32. The molecule has 0 fully saturated rings. The summed E-state index contributed by atoms with van der Waals surface area (Å²) in [6.45, 7) is 5.30. The average Bonchev–Trinajstić information content (AvgIpc) is 2.72. The summed E-state index contributed by atoms with van der Waals surface area (Å²) in [6.07, 6.45) is 3.27. The van der Waals surface area contributed by atoms with E-state index in [9.17, 15) is 9.59 Å². The molecule has 0 bridgehead atoms. The van der Waals surface area contributed by atoms with Gasteiger partial charge in [-0.2, -0.15) is 5.10 Å². The van der Waals surface area contributed by atoms with Crippen LogP contribution in [0.5, 0.6) is 11.5 Å². The van der Waals surface area contributed by atoms with Crippen molar-refractivity contribution in [2.45, 2.75) is 26.7 Å². The van der Waals surface area contributed by atoms with Crippen molar-refractivity contribution in [1.29, 1.82) is 0 Å². The lowest BCUT2D eigenvalue weighted by molar-refractivity contribution is -0.136. The Balaban J connectivity index is 1.83. The topological polar surface area (TPSA) is 89.0 Å². The number of benzene rings is 2. The van der Waals surface area contributed by atoms with Crippen LogP contribution in [0.4, 0.5) is 5.69 Å². The Morgan fingerprint density at radius 1 is 0.929 bits per heavy atom. The highest BCUT2D eigenvalue weighted by molar-refractivity contribution is 6.39. The Bertz CT molecular complexity index is 804. The Labute approximate surface area is 164 Å². The standard InChI is InChI=1S/C21H25N3O4/c1-3-12-27-18-10-8-17(9-11-18)23-20(25)21(26)24-22-15-16-6-5-7-19(14-16)28-13-4-2/h5-11,14-15H,3-4,12-13H2,1-2H3,(H,23,25)(H,24,26)/b22-15-. The Morgan fingerprint density at radius 3 is 2.29 bits per heavy atom. The molecule has 0 aromatic heterocycles. The van der Waals surface area contributed by atoms with E-state index < -0.39 is 11.8 Å². The minimum atomic E-state index is -0.860. The number of amides is 2. The number of carbonyl (C=O) groups excluding carboxylic acids is 2. The molecule has 0 aliphatic carbocycles. The van der Waals surface area contributed by atoms with Crippen LogP contribution in [0.1, 0.15) is 32.3 Å². The molecule has 0 heterocycles. The first kappa shape index (κ1) is 21.0. The second-order valence-corrected chi connectivity index (χ2v) is 5.95. The monoisotopic (exact) mass is 383 g/mol. The lowest BCUT2D eigenvalue weighted by atomic mass is 10.2. The molecule has 2 rings (SSSR count). The molecule has 7 heteroatoms. The molecular weight excluding hydrogens is 358 g/mol. The van der Waals surface area contributed by atoms with Crippen LogP contribution in [-0.4, -0.2) is 31.2 Å². The van der Waals surface area contributed by atoms with Gasteiger partial charge < -0.3 is 14.8 Å². The van der Waals surface area contributed by atoms with Gasteiger partial charge in [0.25, 0.3) is 0 Å². The van der Waals surface area contributed by atoms with Gasteiger partial charge in [0.05, 0.1) is 19.4 Å². The normalized spacial score (nSPS) is 10.5. The van der Waals surface area contributed by atoms with Gasteiger partial charge in [0.2, 0.25) is 0 Å². The Hall–Kier alpha value is -3.35. The quantitative estimate of drug-likeness (QED) is 0.395. The zero-order chi connectivity index (χ0) is 20.2. The number of carbonyl (C=O) groups is 2. The van der Waals surface area contributed by atoms with Crippen molar-refractivity contribution in [2.75, 3.05) is 18.5 Å². The van der Waals surface area contributed by atoms with E-state index in [1.54, 1.807) is 30.3 Å². The third kappa shape index (κ3) is 7.11. The SMILES string of the molecule is CCCOc1ccc(NC(=O)C(=O)N/N=C\c2cccc(OCCC)c2)cc1. The number of anilines is 1. The number of hydrogen-bond donors (Lipinski definition) is 2. The second kappa shape index (κ2) is 11.4. The summed E-state index contributed by atoms with van der Waals surface area (Å²) in [6, 6.07) is 14.1. The maximum Gasteiger partial charge on any atom is 0.329 e. The van der Waals surface area contributed by atoms with Crippen molar-refractivity contribution in [1.82, 2.24) is 5.43 Å². The molecule has 0 aliphatic heterocycles. The van der Waals surface area contributed by atoms with Crippen LogP contribution >= 0.6 is 0 Å². The van der Waals surface area contributed by atoms with Gasteiger partial charge in [-0.15, -0.1) is 0 Å². The number of hydrogen-bond acceptors (Lipinski definition) is 5. The van der Waals surface area contributed by atoms with Crippen molar-refractivity contribution >= 4 is 23.7 Å². The van der Waals surface area contributed by atoms with Crippen molar-refractivity contribution in [3.8, 4) is 11.5 Å². The molecule has 2 amide bonds. The molecule has 0 unspecified atom stereocenters. The molecule has 2 aromatic carbocycles. The van der Waals surface area contributed by atoms with E-state index in [0.29, 0.717) is 24.7 Å². The molecule has 28 heavy (non-hydrogen) atoms. The van der Waals surface area contributed by atoms with E-state index in [-0.39, 0.29) is 0 Å². The van der Waals surface area contributed by atoms with Gasteiger partial charge in [-0.05, 0) is 54.8 Å². The fourth-order valence-electron chi connectivity index (χ4n) is 2.16. The summed E-state index contributed by atoms with van der Waals surface area (Å²) >= 11 is 0. The average molecular weight is 383 g/mol. The first-order valence-electron chi connectivity index (χ1n) is 9.22. The maximum atomic E-state index is 11.9. The van der Waals surface area contributed by atoms with E-state index >= 15 is 0 Å². The third-order valence-electron chi connectivity index (χ3n) is 3.50. The number of nitrogens with zero attached hydrogens (tertiary/aromatic N) is 1. The van der Waals surface area contributed by atoms with Gasteiger partial charge >= 0.3 is 11.8 Å². The van der Waals surface area contributed by atoms with E-state index in [0.717, 1.165) is 24.2 Å². The fourth-order valence-corrected chi connectivity index (χ4v) is 2.16. The molecule has 0 atom stereocenters. The zero-order valence-corrected chi connectivity index (χ0v) is 16.1. The van der Waals surface area contributed by atoms with Crippen LogP contribution in [0.3, 0.4) is 0 Å². The van der Waals surface area contributed by atoms with E-state index in [4.69, 9.17) is 9.47 Å². The molecule has 7 nitrogen and oxygen atoms in total. The Morgan fingerprint density at radius 2 is 1.61 bits per heavy atom. The highest BCUT2D eigenvalue weighted by Crippen LogP contribution is 2.16. The number of rotatable bonds is 9. The summed E-state index contributed by atoms with van der Waals surface area (Å²) in [7, 11) is 0. The summed E-state index contributed by atoms with van der Waals surface area (Å²) in [5.41, 5.74) is 3.45. The molecule has 0 saturated heterocycles. The highest BCUT2D eigenvalue weighted by Gasteiger charge is 2.12. The summed E-state index contributed by atoms with van der Waals surface area (Å²) in [5.74, 6) is -0.236. The number of ether oxygens (including phenoxy) is 2. The molecule has 2 N–H and O–H groups in total. The van der Waals surface area contributed by atoms with Crippen molar-refractivity contribution in [3.63, 3.8) is 0 Å². The number of nitrogens with one attached hydrogen (secondary N) is 2. The smallest absolute Gasteiger partial charge is 0.329 e. The predicted octanol–water partition coefficient (Wildman–Crippen LogP) is 3.35. The van der Waals surface area contributed by atoms with Gasteiger partial charge in [0, 0.05) is 5.69 Å². The van der Waals surface area contributed by atoms with Crippen LogP contribution in [0.25, 0.3) is 0 Å². The van der Waals surface area contributed by atoms with Gasteiger partial charge in [0.15, 0.2) is 0 Å². The zero-order valence-electron chi connectivity index (χ0n) is 16.1. The molecule has 0 saturated carbocycles. The summed E-state index contributed by atoms with van der Waals surface area (Å²) < 4.78 is 11.0. The molecule has 0 spiro atoms. The van der Waals surface area contributed by atoms with Gasteiger partial charge in [-0.25, -0.2) is 5.43 Å². The highest BCUT2D eigenvalue weighted by atomic mass is 16.5. The van der Waals surface area contributed by atoms with Crippen LogP contribution < -0.4 is 20.2 Å². The minimum Gasteiger partial charge on any atom is -0.494 e. The van der Waals surface area contributed by atoms with Crippen molar-refractivity contribution in [2.24, 2.45) is 5.10 Å². The molecule has 0 aliphatic rings. The van der Waals surface area contributed by atoms with E-state index in [2.05, 4.69) is 15.8 Å². The number of hydrazone groups is 1. The fraction of sp³-hybridized carbons (Fsp3) is 0.286. The van der Waals surface area contributed by atoms with E-state index in [1.807, 2.05) is 32.0 Å². The maximum absolute atomic E-state index is 11.9. The van der Waals surface area contributed by atoms with Crippen LogP contribution in [0.15, 0.2) is 53.6 Å². The third-order valence-corrected chi connectivity index (χ3v) is 3.50. The molecule has 148 valence electrons. The summed E-state index contributed by atoms with van der Waals surface area (Å²) in [4.78, 5) is 23.8. The van der Waals surface area contributed by atoms with Crippen molar-refractivity contribution in [3.05, 3.63) is 54.1 Å². The molecular formula is C21H25N3O4. The van der Waals surface area contributed by atoms with Crippen LogP contribution in [-0.2, 0) is 9.59 Å². The van der Waals surface area contributed by atoms with Crippen LogP contribution in [0.2, 0.25) is 0 Å². The van der Waals surface area contributed by atoms with Gasteiger partial charge in [0.1, 0.15) is 11.5 Å². The van der Waals surface area contributed by atoms with Crippen LogP contribution in [0, 0.1) is 0 Å². The van der Waals surface area contributed by atoms with E-state index in [1.165, 1.54) is 6.21 Å². The van der Waals surface area contributed by atoms with Gasteiger partial charge in [-0.1, -0.05) is 26.0 Å². The summed E-state index contributed by atoms with van der Waals surface area (Å²) in [5, 5.41) is 6.32. The largest absolute Gasteiger partial charge is 0.494 e. The first-order valence-corrected chi connectivity index (χ1v) is 9.22. The molecule has 0 radical (unpaired) electrons. The second-order valence-electron chi connectivity index (χ2n) is 5.95. The minimum absolute atomic E-state index is 0.494. The van der Waals surface area contributed by atoms with Gasteiger partial charge in [-0.3, -0.25) is 9.59 Å². The predicted molar refractivity (Wildman–Crippen MR) is 109 cm³/mol. The Kier molecular flexibility index (Phi) is 8.52. The lowest BCUT2D eigenvalue weighted by Gasteiger charge is -2.07.